The van der Waals surface area contributed by atoms with Gasteiger partial charge in [-0.25, -0.2) is 4.68 Å². The lowest BCUT2D eigenvalue weighted by molar-refractivity contribution is -0.121. The third-order valence-corrected chi connectivity index (χ3v) is 5.52. The molecule has 0 spiro atoms. The van der Waals surface area contributed by atoms with Crippen molar-refractivity contribution in [2.24, 2.45) is 0 Å². The van der Waals surface area contributed by atoms with Gasteiger partial charge in [-0.05, 0) is 57.8 Å². The number of piperidine rings is 2. The number of hydrogen-bond donors (Lipinski definition) is 2. The molecule has 1 unspecified atom stereocenters. The molecule has 1 aromatic heterocycles. The van der Waals surface area contributed by atoms with E-state index in [-0.39, 0.29) is 23.6 Å². The monoisotopic (exact) mass is 382 g/mol. The van der Waals surface area contributed by atoms with E-state index in [2.05, 4.69) is 20.9 Å². The van der Waals surface area contributed by atoms with E-state index in [0.29, 0.717) is 13.0 Å². The van der Waals surface area contributed by atoms with Gasteiger partial charge in [-0.3, -0.25) is 9.59 Å². The zero-order valence-electron chi connectivity index (χ0n) is 16.1. The summed E-state index contributed by atoms with van der Waals surface area (Å²) in [5.41, 5.74) is 2.28. The first-order valence-electron chi connectivity index (χ1n) is 9.93. The van der Waals surface area contributed by atoms with Crippen molar-refractivity contribution >= 4 is 17.5 Å². The van der Waals surface area contributed by atoms with Crippen molar-refractivity contribution in [1.82, 2.24) is 25.6 Å². The van der Waals surface area contributed by atoms with E-state index in [1.54, 1.807) is 15.8 Å². The molecule has 0 saturated carbocycles. The molecular formula is C20H26N6O2. The molecule has 0 bridgehead atoms. The molecule has 0 aliphatic carbocycles. The molecule has 2 aromatic rings. The van der Waals surface area contributed by atoms with Gasteiger partial charge < -0.3 is 15.5 Å². The summed E-state index contributed by atoms with van der Waals surface area (Å²) in [6, 6.07) is 7.60. The van der Waals surface area contributed by atoms with Crippen LogP contribution in [0.25, 0.3) is 0 Å². The molecular weight excluding hydrogens is 356 g/mol. The standard InChI is InChI=1S/C20H26N6O2/c1-14-4-6-15(7-5-14)25-12-2-3-17(20(25)28)22-19(27)18-13-26(24-23-18)16-8-10-21-11-9-16/h4-7,13,16-17,21H,2-3,8-12H2,1H3,(H,22,27). The van der Waals surface area contributed by atoms with E-state index in [9.17, 15) is 9.59 Å². The highest BCUT2D eigenvalue weighted by molar-refractivity contribution is 6.02. The Labute approximate surface area is 164 Å². The van der Waals surface area contributed by atoms with Crippen molar-refractivity contribution in [2.75, 3.05) is 24.5 Å². The lowest BCUT2D eigenvalue weighted by Gasteiger charge is -2.32. The van der Waals surface area contributed by atoms with Gasteiger partial charge in [-0.1, -0.05) is 22.9 Å². The average molecular weight is 382 g/mol. The zero-order valence-corrected chi connectivity index (χ0v) is 16.1. The van der Waals surface area contributed by atoms with Gasteiger partial charge >= 0.3 is 0 Å². The molecule has 0 radical (unpaired) electrons. The summed E-state index contributed by atoms with van der Waals surface area (Å²) >= 11 is 0. The molecule has 2 saturated heterocycles. The van der Waals surface area contributed by atoms with Crippen LogP contribution in [0.1, 0.15) is 47.8 Å². The molecule has 1 aromatic carbocycles. The highest BCUT2D eigenvalue weighted by Gasteiger charge is 2.31. The lowest BCUT2D eigenvalue weighted by atomic mass is 10.0. The minimum atomic E-state index is -0.536. The minimum absolute atomic E-state index is 0.0748. The Morgan fingerprint density at radius 3 is 2.68 bits per heavy atom. The van der Waals surface area contributed by atoms with E-state index < -0.39 is 6.04 Å². The fourth-order valence-electron chi connectivity index (χ4n) is 3.85. The van der Waals surface area contributed by atoms with Gasteiger partial charge in [0.1, 0.15) is 6.04 Å². The van der Waals surface area contributed by atoms with Crippen molar-refractivity contribution < 1.29 is 9.59 Å². The fraction of sp³-hybridized carbons (Fsp3) is 0.500. The topological polar surface area (TPSA) is 92.2 Å². The van der Waals surface area contributed by atoms with Crippen molar-refractivity contribution in [2.45, 2.75) is 44.7 Å². The molecule has 1 atom stereocenters. The SMILES string of the molecule is Cc1ccc(N2CCCC(NC(=O)c3cn(C4CCNCC4)nn3)C2=O)cc1. The maximum absolute atomic E-state index is 12.9. The largest absolute Gasteiger partial charge is 0.339 e. The van der Waals surface area contributed by atoms with Gasteiger partial charge in [0.15, 0.2) is 5.69 Å². The first-order chi connectivity index (χ1) is 13.6. The number of benzene rings is 1. The van der Waals surface area contributed by atoms with Crippen LogP contribution in [-0.4, -0.2) is 52.5 Å². The first-order valence-corrected chi connectivity index (χ1v) is 9.93. The second-order valence-corrected chi connectivity index (χ2v) is 7.56. The molecule has 2 aliphatic heterocycles. The summed E-state index contributed by atoms with van der Waals surface area (Å²) < 4.78 is 1.77. The predicted molar refractivity (Wildman–Crippen MR) is 105 cm³/mol. The van der Waals surface area contributed by atoms with Crippen LogP contribution >= 0.6 is 0 Å². The molecule has 2 amide bonds. The zero-order chi connectivity index (χ0) is 19.5. The van der Waals surface area contributed by atoms with Gasteiger partial charge in [-0.2, -0.15) is 0 Å². The Hall–Kier alpha value is -2.74. The molecule has 8 nitrogen and oxygen atoms in total. The van der Waals surface area contributed by atoms with E-state index >= 15 is 0 Å². The maximum atomic E-state index is 12.9. The van der Waals surface area contributed by atoms with Gasteiger partial charge in [0.25, 0.3) is 5.91 Å². The molecule has 4 rings (SSSR count). The molecule has 2 N–H and O–H groups in total. The quantitative estimate of drug-likeness (QED) is 0.835. The Bertz CT molecular complexity index is 841. The average Bonchev–Trinajstić information content (AvgIpc) is 3.21. The number of nitrogens with one attached hydrogen (secondary N) is 2. The molecule has 2 fully saturated rings. The Morgan fingerprint density at radius 1 is 1.18 bits per heavy atom. The summed E-state index contributed by atoms with van der Waals surface area (Å²) in [7, 11) is 0. The Morgan fingerprint density at radius 2 is 1.93 bits per heavy atom. The highest BCUT2D eigenvalue weighted by atomic mass is 16.2. The number of rotatable bonds is 4. The number of aromatic nitrogens is 3. The number of carbonyl (C=O) groups excluding carboxylic acids is 2. The van der Waals surface area contributed by atoms with E-state index in [1.165, 1.54) is 0 Å². The second-order valence-electron chi connectivity index (χ2n) is 7.56. The van der Waals surface area contributed by atoms with Gasteiger partial charge in [0.2, 0.25) is 5.91 Å². The maximum Gasteiger partial charge on any atom is 0.274 e. The van der Waals surface area contributed by atoms with Gasteiger partial charge in [0.05, 0.1) is 12.2 Å². The number of aryl methyl sites for hydroxylation is 1. The van der Waals surface area contributed by atoms with E-state index in [4.69, 9.17) is 0 Å². The summed E-state index contributed by atoms with van der Waals surface area (Å²) in [5.74, 6) is -0.418. The molecule has 3 heterocycles. The fourth-order valence-corrected chi connectivity index (χ4v) is 3.85. The molecule has 148 valence electrons. The summed E-state index contributed by atoms with van der Waals surface area (Å²) in [4.78, 5) is 27.3. The number of carbonyl (C=O) groups is 2. The number of amides is 2. The van der Waals surface area contributed by atoms with Crippen LogP contribution < -0.4 is 15.5 Å². The van der Waals surface area contributed by atoms with Gasteiger partial charge in [0, 0.05) is 12.2 Å². The van der Waals surface area contributed by atoms with E-state index in [0.717, 1.165) is 43.6 Å². The number of hydrogen-bond acceptors (Lipinski definition) is 5. The summed E-state index contributed by atoms with van der Waals surface area (Å²) in [6.07, 6.45) is 5.10. The van der Waals surface area contributed by atoms with Crippen LogP contribution in [0.5, 0.6) is 0 Å². The van der Waals surface area contributed by atoms with Crippen LogP contribution in [0.2, 0.25) is 0 Å². The van der Waals surface area contributed by atoms with Crippen molar-refractivity contribution in [3.63, 3.8) is 0 Å². The van der Waals surface area contributed by atoms with Crippen LogP contribution in [0.15, 0.2) is 30.5 Å². The molecule has 28 heavy (non-hydrogen) atoms. The second kappa shape index (κ2) is 8.10. The third kappa shape index (κ3) is 3.91. The Kier molecular flexibility index (Phi) is 5.38. The molecule has 8 heteroatoms. The molecule has 2 aliphatic rings. The van der Waals surface area contributed by atoms with Crippen LogP contribution in [-0.2, 0) is 4.79 Å². The smallest absolute Gasteiger partial charge is 0.274 e. The normalized spacial score (nSPS) is 21.0. The highest BCUT2D eigenvalue weighted by Crippen LogP contribution is 2.22. The van der Waals surface area contributed by atoms with Crippen LogP contribution in [0.3, 0.4) is 0 Å². The van der Waals surface area contributed by atoms with Crippen molar-refractivity contribution in [3.05, 3.63) is 41.7 Å². The van der Waals surface area contributed by atoms with Crippen molar-refractivity contribution in [1.29, 1.82) is 0 Å². The predicted octanol–water partition coefficient (Wildman–Crippen LogP) is 1.44. The minimum Gasteiger partial charge on any atom is -0.339 e. The summed E-state index contributed by atoms with van der Waals surface area (Å²) in [6.45, 7) is 4.57. The van der Waals surface area contributed by atoms with Gasteiger partial charge in [-0.15, -0.1) is 5.10 Å². The lowest BCUT2D eigenvalue weighted by Crippen LogP contribution is -2.52. The van der Waals surface area contributed by atoms with Crippen molar-refractivity contribution in [3.8, 4) is 0 Å². The number of anilines is 1. The summed E-state index contributed by atoms with van der Waals surface area (Å²) in [5, 5.41) is 14.3. The number of nitrogens with zero attached hydrogens (tertiary/aromatic N) is 4. The van der Waals surface area contributed by atoms with Crippen LogP contribution in [0, 0.1) is 6.92 Å². The van der Waals surface area contributed by atoms with E-state index in [1.807, 2.05) is 31.2 Å². The third-order valence-electron chi connectivity index (χ3n) is 5.52. The van der Waals surface area contributed by atoms with Crippen LogP contribution in [0.4, 0.5) is 5.69 Å². The Balaban J connectivity index is 1.41. The first kappa shape index (κ1) is 18.6.